The average molecular weight is 659 g/mol. The minimum Gasteiger partial charge on any atom is -0.333 e. The predicted molar refractivity (Wildman–Crippen MR) is 170 cm³/mol. The molecule has 2 atom stereocenters. The van der Waals surface area contributed by atoms with E-state index in [2.05, 4.69) is 33.4 Å². The Hall–Kier alpha value is -3.69. The molecule has 1 fully saturated rings. The highest BCUT2D eigenvalue weighted by molar-refractivity contribution is 5.99. The van der Waals surface area contributed by atoms with Crippen LogP contribution in [0.3, 0.4) is 0 Å². The molecular formula is C32H35Cl2F2N7O2. The molecule has 4 heterocycles. The van der Waals surface area contributed by atoms with Gasteiger partial charge in [-0.2, -0.15) is 15.5 Å². The molecule has 3 aliphatic heterocycles. The number of anilines is 1. The second-order valence-corrected chi connectivity index (χ2v) is 12.4. The van der Waals surface area contributed by atoms with Crippen LogP contribution in [-0.4, -0.2) is 76.6 Å². The lowest BCUT2D eigenvalue weighted by atomic mass is 9.91. The molecule has 1 N–H and O–H groups in total. The number of benzene rings is 2. The lowest BCUT2D eigenvalue weighted by Crippen LogP contribution is -2.60. The molecule has 13 heteroatoms. The Bertz CT molecular complexity index is 1660. The molecular weight excluding hydrogens is 623 g/mol. The molecule has 1 saturated heterocycles. The number of nitrogens with zero attached hydrogens (tertiary/aromatic N) is 6. The number of carbonyl (C=O) groups excluding carboxylic acids is 2. The van der Waals surface area contributed by atoms with Gasteiger partial charge in [-0.3, -0.25) is 14.5 Å². The van der Waals surface area contributed by atoms with Gasteiger partial charge < -0.3 is 15.1 Å². The summed E-state index contributed by atoms with van der Waals surface area (Å²) in [7, 11) is 0. The summed E-state index contributed by atoms with van der Waals surface area (Å²) < 4.78 is 27.8. The van der Waals surface area contributed by atoms with E-state index in [-0.39, 0.29) is 61.7 Å². The average Bonchev–Trinajstić information content (AvgIpc) is 3.43. The normalized spacial score (nSPS) is 20.1. The van der Waals surface area contributed by atoms with Crippen LogP contribution in [0, 0.1) is 23.0 Å². The summed E-state index contributed by atoms with van der Waals surface area (Å²) in [5.74, 6) is -1.46. The van der Waals surface area contributed by atoms with E-state index >= 15 is 0 Å². The Morgan fingerprint density at radius 1 is 1.13 bits per heavy atom. The molecule has 6 rings (SSSR count). The quantitative estimate of drug-likeness (QED) is 0.427. The van der Waals surface area contributed by atoms with E-state index < -0.39 is 17.0 Å². The molecule has 0 spiro atoms. The summed E-state index contributed by atoms with van der Waals surface area (Å²) >= 11 is 0. The first-order chi connectivity index (χ1) is 20.5. The van der Waals surface area contributed by atoms with Crippen LogP contribution in [0.25, 0.3) is 0 Å². The first-order valence-electron chi connectivity index (χ1n) is 14.4. The number of aromatic nitrogens is 2. The largest absolute Gasteiger partial charge is 0.333 e. The van der Waals surface area contributed by atoms with Crippen molar-refractivity contribution in [1.82, 2.24) is 25.3 Å². The van der Waals surface area contributed by atoms with E-state index in [1.807, 2.05) is 13.8 Å². The van der Waals surface area contributed by atoms with Crippen molar-refractivity contribution in [1.29, 1.82) is 5.26 Å². The molecule has 2 amide bonds. The molecule has 3 aliphatic rings. The fraction of sp³-hybridized carbons (Fsp3) is 0.406. The fourth-order valence-corrected chi connectivity index (χ4v) is 6.35. The molecule has 0 bridgehead atoms. The predicted octanol–water partition coefficient (Wildman–Crippen LogP) is 4.00. The van der Waals surface area contributed by atoms with Gasteiger partial charge in [0.25, 0.3) is 5.91 Å². The molecule has 2 aromatic carbocycles. The van der Waals surface area contributed by atoms with Gasteiger partial charge in [0, 0.05) is 68.3 Å². The topological polar surface area (TPSA) is 105 Å². The van der Waals surface area contributed by atoms with Crippen molar-refractivity contribution >= 4 is 42.3 Å². The monoisotopic (exact) mass is 657 g/mol. The Morgan fingerprint density at radius 3 is 2.64 bits per heavy atom. The lowest BCUT2D eigenvalue weighted by molar-refractivity contribution is -0.120. The summed E-state index contributed by atoms with van der Waals surface area (Å²) in [6.45, 7) is 8.82. The second-order valence-electron chi connectivity index (χ2n) is 12.4. The van der Waals surface area contributed by atoms with Gasteiger partial charge in [0.1, 0.15) is 11.6 Å². The van der Waals surface area contributed by atoms with Crippen molar-refractivity contribution in [2.45, 2.75) is 51.2 Å². The lowest BCUT2D eigenvalue weighted by Gasteiger charge is -2.41. The first kappa shape index (κ1) is 34.2. The maximum Gasteiger partial charge on any atom is 0.254 e. The van der Waals surface area contributed by atoms with Crippen LogP contribution in [0.15, 0.2) is 42.5 Å². The maximum atomic E-state index is 14.3. The van der Waals surface area contributed by atoms with Gasteiger partial charge in [-0.05, 0) is 48.4 Å². The third-order valence-corrected chi connectivity index (χ3v) is 8.61. The minimum atomic E-state index is -0.653. The number of fused-ring (bicyclic) bond motifs is 2. The van der Waals surface area contributed by atoms with Gasteiger partial charge in [-0.15, -0.1) is 24.8 Å². The molecule has 0 unspecified atom stereocenters. The number of piperazine rings is 1. The summed E-state index contributed by atoms with van der Waals surface area (Å²) in [4.78, 5) is 32.7. The van der Waals surface area contributed by atoms with Crippen molar-refractivity contribution < 1.29 is 18.4 Å². The zero-order valence-corrected chi connectivity index (χ0v) is 26.9. The fourth-order valence-electron chi connectivity index (χ4n) is 6.35. The van der Waals surface area contributed by atoms with Crippen molar-refractivity contribution in [3.05, 3.63) is 87.7 Å². The third kappa shape index (κ3) is 6.79. The van der Waals surface area contributed by atoms with Crippen LogP contribution < -0.4 is 10.2 Å². The van der Waals surface area contributed by atoms with E-state index in [0.717, 1.165) is 11.6 Å². The van der Waals surface area contributed by atoms with E-state index in [1.54, 1.807) is 34.1 Å². The molecule has 0 saturated carbocycles. The van der Waals surface area contributed by atoms with Crippen LogP contribution in [0.5, 0.6) is 0 Å². The van der Waals surface area contributed by atoms with Gasteiger partial charge in [0.2, 0.25) is 5.91 Å². The first-order valence-corrected chi connectivity index (χ1v) is 14.4. The SMILES string of the molecule is C[C@@H]1CN(CC(=O)N2CC(C)(C)c3nnc(Cc4ccc(F)cc4F)cc32)[C@@H](CN2Cc3cc(C#N)ccc3C2=O)CN1.Cl.Cl. The zero-order valence-electron chi connectivity index (χ0n) is 25.2. The van der Waals surface area contributed by atoms with Crippen LogP contribution in [-0.2, 0) is 23.2 Å². The van der Waals surface area contributed by atoms with Gasteiger partial charge in [-0.1, -0.05) is 19.9 Å². The van der Waals surface area contributed by atoms with E-state index in [9.17, 15) is 23.6 Å². The van der Waals surface area contributed by atoms with Crippen molar-refractivity contribution in [3.8, 4) is 6.07 Å². The summed E-state index contributed by atoms with van der Waals surface area (Å²) in [5, 5.41) is 21.5. The Kier molecular flexibility index (Phi) is 10.1. The number of hydrogen-bond acceptors (Lipinski definition) is 7. The minimum absolute atomic E-state index is 0. The number of carbonyl (C=O) groups is 2. The van der Waals surface area contributed by atoms with Crippen LogP contribution >= 0.6 is 24.8 Å². The number of amides is 2. The highest BCUT2D eigenvalue weighted by Gasteiger charge is 2.42. The van der Waals surface area contributed by atoms with Gasteiger partial charge in [-0.25, -0.2) is 8.78 Å². The Morgan fingerprint density at radius 2 is 1.91 bits per heavy atom. The summed E-state index contributed by atoms with van der Waals surface area (Å²) in [6, 6.07) is 12.6. The zero-order chi connectivity index (χ0) is 30.5. The number of nitriles is 1. The molecule has 9 nitrogen and oxygen atoms in total. The van der Waals surface area contributed by atoms with E-state index in [4.69, 9.17) is 0 Å². The summed E-state index contributed by atoms with van der Waals surface area (Å²) in [5.41, 5.74) is 3.70. The third-order valence-electron chi connectivity index (χ3n) is 8.61. The van der Waals surface area contributed by atoms with Crippen LogP contribution in [0.4, 0.5) is 14.5 Å². The van der Waals surface area contributed by atoms with Crippen LogP contribution in [0.2, 0.25) is 0 Å². The molecule has 1 aromatic heterocycles. The Labute approximate surface area is 273 Å². The highest BCUT2D eigenvalue weighted by Crippen LogP contribution is 2.39. The van der Waals surface area contributed by atoms with Gasteiger partial charge in [0.05, 0.1) is 35.3 Å². The van der Waals surface area contributed by atoms with Crippen molar-refractivity contribution in [2.75, 3.05) is 37.6 Å². The summed E-state index contributed by atoms with van der Waals surface area (Å²) in [6.07, 6.45) is 0.119. The van der Waals surface area contributed by atoms with Crippen LogP contribution in [0.1, 0.15) is 59.2 Å². The number of nitrogens with one attached hydrogen (secondary N) is 1. The van der Waals surface area contributed by atoms with Gasteiger partial charge in [0.15, 0.2) is 0 Å². The number of rotatable bonds is 6. The molecule has 3 aromatic rings. The molecule has 238 valence electrons. The number of hydrogen-bond donors (Lipinski definition) is 1. The molecule has 0 aliphatic carbocycles. The van der Waals surface area contributed by atoms with Crippen molar-refractivity contribution in [2.24, 2.45) is 0 Å². The Balaban J connectivity index is 0.00000230. The second kappa shape index (κ2) is 13.3. The van der Waals surface area contributed by atoms with Gasteiger partial charge >= 0.3 is 0 Å². The van der Waals surface area contributed by atoms with Crippen molar-refractivity contribution in [3.63, 3.8) is 0 Å². The maximum absolute atomic E-state index is 14.3. The molecule has 0 radical (unpaired) electrons. The highest BCUT2D eigenvalue weighted by atomic mass is 35.5. The number of halogens is 4. The standard InChI is InChI=1S/C32H33F2N7O2.2ClH/c1-19-14-39(25(13-36-19)16-40-15-22-8-20(12-35)4-7-26(22)31(40)43)17-29(42)41-18-32(2,3)30-28(41)11-24(37-38-30)9-21-5-6-23(33)10-27(21)34;;/h4-8,10-11,19,25,36H,9,13-18H2,1-3H3;2*1H/t19-,25-;;/m1../s1. The van der Waals surface area contributed by atoms with E-state index in [0.29, 0.717) is 66.5 Å². The smallest absolute Gasteiger partial charge is 0.254 e. The van der Waals surface area contributed by atoms with E-state index in [1.165, 1.54) is 12.1 Å². The molecule has 45 heavy (non-hydrogen) atoms.